The zero-order valence-electron chi connectivity index (χ0n) is 14.2. The molecule has 25 heavy (non-hydrogen) atoms. The van der Waals surface area contributed by atoms with Gasteiger partial charge in [0.25, 0.3) is 0 Å². The molecule has 2 amide bonds. The van der Waals surface area contributed by atoms with E-state index in [9.17, 15) is 19.5 Å². The maximum absolute atomic E-state index is 12.2. The van der Waals surface area contributed by atoms with Crippen LogP contribution in [0.15, 0.2) is 29.5 Å². The Bertz CT molecular complexity index is 741. The summed E-state index contributed by atoms with van der Waals surface area (Å²) in [5.41, 5.74) is 1.12. The van der Waals surface area contributed by atoms with Crippen molar-refractivity contribution in [2.75, 3.05) is 13.2 Å². The summed E-state index contributed by atoms with van der Waals surface area (Å²) in [6, 6.07) is 3.44. The zero-order valence-corrected chi connectivity index (χ0v) is 14.2. The summed E-state index contributed by atoms with van der Waals surface area (Å²) in [5.74, 6) is -1.58. The smallest absolute Gasteiger partial charge is 0.342 e. The molecule has 0 aromatic heterocycles. The quantitative estimate of drug-likeness (QED) is 0.693. The third-order valence-electron chi connectivity index (χ3n) is 3.59. The SMILES string of the molecule is CCOC(=O)C1=C(COC(=O)c2cc(C)ccc2O)NC(=O)NC1C. The van der Waals surface area contributed by atoms with E-state index in [4.69, 9.17) is 9.47 Å². The molecular formula is C17H20N2O6. The minimum atomic E-state index is -0.766. The number of amides is 2. The summed E-state index contributed by atoms with van der Waals surface area (Å²) < 4.78 is 10.1. The summed E-state index contributed by atoms with van der Waals surface area (Å²) in [4.78, 5) is 35.9. The highest BCUT2D eigenvalue weighted by Crippen LogP contribution is 2.20. The zero-order chi connectivity index (χ0) is 18.6. The van der Waals surface area contributed by atoms with Crippen molar-refractivity contribution in [2.45, 2.75) is 26.8 Å². The molecule has 0 radical (unpaired) electrons. The predicted octanol–water partition coefficient (Wildman–Crippen LogP) is 1.38. The van der Waals surface area contributed by atoms with E-state index in [1.165, 1.54) is 12.1 Å². The Labute approximate surface area is 144 Å². The molecule has 0 aliphatic carbocycles. The van der Waals surface area contributed by atoms with Crippen molar-refractivity contribution in [1.82, 2.24) is 10.6 Å². The van der Waals surface area contributed by atoms with E-state index >= 15 is 0 Å². The van der Waals surface area contributed by atoms with Crippen molar-refractivity contribution in [3.63, 3.8) is 0 Å². The fourth-order valence-electron chi connectivity index (χ4n) is 2.42. The number of aromatic hydroxyl groups is 1. The highest BCUT2D eigenvalue weighted by Gasteiger charge is 2.30. The molecule has 3 N–H and O–H groups in total. The normalized spacial score (nSPS) is 16.8. The van der Waals surface area contributed by atoms with E-state index < -0.39 is 24.0 Å². The first-order valence-corrected chi connectivity index (χ1v) is 7.77. The first-order valence-electron chi connectivity index (χ1n) is 7.77. The second-order valence-corrected chi connectivity index (χ2v) is 5.53. The predicted molar refractivity (Wildman–Crippen MR) is 87.9 cm³/mol. The lowest BCUT2D eigenvalue weighted by atomic mass is 10.0. The van der Waals surface area contributed by atoms with Crippen LogP contribution in [-0.4, -0.2) is 42.3 Å². The average Bonchev–Trinajstić information content (AvgIpc) is 2.54. The van der Waals surface area contributed by atoms with Crippen molar-refractivity contribution in [3.05, 3.63) is 40.6 Å². The van der Waals surface area contributed by atoms with Gasteiger partial charge in [0.15, 0.2) is 0 Å². The monoisotopic (exact) mass is 348 g/mol. The maximum atomic E-state index is 12.2. The van der Waals surface area contributed by atoms with Crippen molar-refractivity contribution in [3.8, 4) is 5.75 Å². The van der Waals surface area contributed by atoms with Crippen LogP contribution in [0.25, 0.3) is 0 Å². The van der Waals surface area contributed by atoms with Gasteiger partial charge in [-0.05, 0) is 32.9 Å². The minimum Gasteiger partial charge on any atom is -0.507 e. The molecule has 1 unspecified atom stereocenters. The summed E-state index contributed by atoms with van der Waals surface area (Å²) in [6.07, 6.45) is 0. The summed E-state index contributed by atoms with van der Waals surface area (Å²) in [7, 11) is 0. The molecule has 0 spiro atoms. The fraction of sp³-hybridized carbons (Fsp3) is 0.353. The molecule has 134 valence electrons. The number of ether oxygens (including phenoxy) is 2. The van der Waals surface area contributed by atoms with Gasteiger partial charge in [-0.15, -0.1) is 0 Å². The molecule has 0 saturated carbocycles. The molecule has 8 nitrogen and oxygen atoms in total. The van der Waals surface area contributed by atoms with Crippen LogP contribution in [0, 0.1) is 6.92 Å². The Morgan fingerprint density at radius 1 is 1.24 bits per heavy atom. The Hall–Kier alpha value is -3.03. The standard InChI is InChI=1S/C17H20N2O6/c1-4-24-16(22)14-10(3)18-17(23)19-12(14)8-25-15(21)11-7-9(2)5-6-13(11)20/h5-7,10,20H,4,8H2,1-3H3,(H2,18,19,23). The molecule has 1 aliphatic heterocycles. The number of carbonyl (C=O) groups is 3. The third-order valence-corrected chi connectivity index (χ3v) is 3.59. The lowest BCUT2D eigenvalue weighted by molar-refractivity contribution is -0.139. The Morgan fingerprint density at radius 3 is 2.64 bits per heavy atom. The molecule has 2 rings (SSSR count). The number of esters is 2. The van der Waals surface area contributed by atoms with Gasteiger partial charge in [-0.2, -0.15) is 0 Å². The van der Waals surface area contributed by atoms with Crippen LogP contribution < -0.4 is 10.6 Å². The lowest BCUT2D eigenvalue weighted by Crippen LogP contribution is -2.50. The van der Waals surface area contributed by atoms with Crippen molar-refractivity contribution in [2.24, 2.45) is 0 Å². The van der Waals surface area contributed by atoms with Gasteiger partial charge in [0.2, 0.25) is 0 Å². The van der Waals surface area contributed by atoms with Crippen LogP contribution in [0.4, 0.5) is 4.79 Å². The van der Waals surface area contributed by atoms with E-state index in [-0.39, 0.29) is 35.8 Å². The first-order chi connectivity index (χ1) is 11.8. The second-order valence-electron chi connectivity index (χ2n) is 5.53. The van der Waals surface area contributed by atoms with E-state index in [0.29, 0.717) is 0 Å². The number of nitrogens with one attached hydrogen (secondary N) is 2. The molecule has 1 aliphatic rings. The van der Waals surface area contributed by atoms with Gasteiger partial charge in [0, 0.05) is 0 Å². The van der Waals surface area contributed by atoms with Crippen LogP contribution in [0.3, 0.4) is 0 Å². The molecular weight excluding hydrogens is 328 g/mol. The lowest BCUT2D eigenvalue weighted by Gasteiger charge is -2.26. The fourth-order valence-corrected chi connectivity index (χ4v) is 2.42. The highest BCUT2D eigenvalue weighted by atomic mass is 16.5. The van der Waals surface area contributed by atoms with Gasteiger partial charge in [-0.3, -0.25) is 0 Å². The molecule has 1 heterocycles. The third kappa shape index (κ3) is 4.28. The van der Waals surface area contributed by atoms with Crippen LogP contribution in [0.1, 0.15) is 29.8 Å². The number of urea groups is 1. The van der Waals surface area contributed by atoms with E-state index in [2.05, 4.69) is 10.6 Å². The van der Waals surface area contributed by atoms with Crippen LogP contribution >= 0.6 is 0 Å². The van der Waals surface area contributed by atoms with Gasteiger partial charge in [0.05, 0.1) is 23.9 Å². The molecule has 0 saturated heterocycles. The largest absolute Gasteiger partial charge is 0.507 e. The average molecular weight is 348 g/mol. The molecule has 1 aromatic carbocycles. The summed E-state index contributed by atoms with van der Waals surface area (Å²) in [5, 5.41) is 14.8. The highest BCUT2D eigenvalue weighted by molar-refractivity contribution is 5.95. The maximum Gasteiger partial charge on any atom is 0.342 e. The van der Waals surface area contributed by atoms with Crippen LogP contribution in [-0.2, 0) is 14.3 Å². The van der Waals surface area contributed by atoms with Crippen molar-refractivity contribution in [1.29, 1.82) is 0 Å². The number of rotatable bonds is 5. The van der Waals surface area contributed by atoms with Gasteiger partial charge in [-0.1, -0.05) is 11.6 Å². The van der Waals surface area contributed by atoms with Crippen molar-refractivity contribution >= 4 is 18.0 Å². The number of phenolic OH excluding ortho intramolecular Hbond substituents is 1. The number of phenols is 1. The molecule has 8 heteroatoms. The minimum absolute atomic E-state index is 0.00611. The Balaban J connectivity index is 2.21. The van der Waals surface area contributed by atoms with E-state index in [1.807, 2.05) is 0 Å². The Morgan fingerprint density at radius 2 is 1.96 bits per heavy atom. The van der Waals surface area contributed by atoms with E-state index in [1.54, 1.807) is 26.8 Å². The van der Waals surface area contributed by atoms with Crippen molar-refractivity contribution < 1.29 is 29.0 Å². The number of benzene rings is 1. The molecule has 1 aromatic rings. The first kappa shape index (κ1) is 18.3. The number of aryl methyl sites for hydroxylation is 1. The topological polar surface area (TPSA) is 114 Å². The van der Waals surface area contributed by atoms with Gasteiger partial charge < -0.3 is 25.2 Å². The second kappa shape index (κ2) is 7.69. The number of hydrogen-bond acceptors (Lipinski definition) is 6. The summed E-state index contributed by atoms with van der Waals surface area (Å²) in [6.45, 7) is 4.90. The Kier molecular flexibility index (Phi) is 5.63. The molecule has 0 bridgehead atoms. The molecule has 0 fully saturated rings. The van der Waals surface area contributed by atoms with Gasteiger partial charge in [-0.25, -0.2) is 14.4 Å². The van der Waals surface area contributed by atoms with Gasteiger partial charge in [0.1, 0.15) is 17.9 Å². The van der Waals surface area contributed by atoms with Crippen LogP contribution in [0.5, 0.6) is 5.75 Å². The number of carbonyl (C=O) groups excluding carboxylic acids is 3. The number of hydrogen-bond donors (Lipinski definition) is 3. The summed E-state index contributed by atoms with van der Waals surface area (Å²) >= 11 is 0. The molecule has 1 atom stereocenters. The van der Waals surface area contributed by atoms with Crippen LogP contribution in [0.2, 0.25) is 0 Å². The van der Waals surface area contributed by atoms with Gasteiger partial charge >= 0.3 is 18.0 Å². The van der Waals surface area contributed by atoms with E-state index in [0.717, 1.165) is 5.56 Å².